The third-order valence-electron chi connectivity index (χ3n) is 2.23. The van der Waals surface area contributed by atoms with Crippen LogP contribution in [0.15, 0.2) is 25.3 Å². The molecule has 0 aliphatic rings. The number of primary amides is 1. The molecule has 20 heavy (non-hydrogen) atoms. The van der Waals surface area contributed by atoms with Gasteiger partial charge in [0.1, 0.15) is 9.98 Å². The van der Waals surface area contributed by atoms with E-state index in [0.717, 1.165) is 0 Å². The third-order valence-corrected chi connectivity index (χ3v) is 3.77. The summed E-state index contributed by atoms with van der Waals surface area (Å²) in [5, 5.41) is 0. The van der Waals surface area contributed by atoms with Gasteiger partial charge >= 0.3 is 6.03 Å². The molecule has 2 N–H and O–H groups in total. The summed E-state index contributed by atoms with van der Waals surface area (Å²) in [6.45, 7) is 6.87. The number of carbonyl (C=O) groups excluding carboxylic acids is 1. The molecule has 0 saturated heterocycles. The predicted octanol–water partition coefficient (Wildman–Crippen LogP) is 0.318. The van der Waals surface area contributed by atoms with E-state index in [1.807, 2.05) is 0 Å². The van der Waals surface area contributed by atoms with Gasteiger partial charge in [-0.15, -0.1) is 13.2 Å². The Morgan fingerprint density at radius 2 is 1.30 bits per heavy atom. The zero-order chi connectivity index (χ0) is 15.7. The highest BCUT2D eigenvalue weighted by Gasteiger charge is 2.24. The number of amides is 2. The van der Waals surface area contributed by atoms with Crippen molar-refractivity contribution in [3.63, 3.8) is 0 Å². The monoisotopic (exact) mass is 320 g/mol. The van der Waals surface area contributed by atoms with E-state index in [2.05, 4.69) is 13.2 Å². The van der Waals surface area contributed by atoms with Gasteiger partial charge in [-0.25, -0.2) is 9.69 Å². The molecule has 0 atom stereocenters. The minimum absolute atomic E-state index is 0.0721. The second kappa shape index (κ2) is 9.10. The zero-order valence-electron chi connectivity index (χ0n) is 10.8. The van der Waals surface area contributed by atoms with Crippen molar-refractivity contribution >= 4 is 36.6 Å². The van der Waals surface area contributed by atoms with Gasteiger partial charge in [-0.3, -0.25) is 0 Å². The lowest BCUT2D eigenvalue weighted by molar-refractivity contribution is 0.241. The molecule has 0 heterocycles. The zero-order valence-corrected chi connectivity index (χ0v) is 12.4. The average molecular weight is 320 g/mol. The Labute approximate surface area is 120 Å². The summed E-state index contributed by atoms with van der Waals surface area (Å²) in [4.78, 5) is 11.1. The van der Waals surface area contributed by atoms with Crippen LogP contribution < -0.4 is 5.73 Å². The van der Waals surface area contributed by atoms with Crippen molar-refractivity contribution in [1.82, 2.24) is 4.90 Å². The summed E-state index contributed by atoms with van der Waals surface area (Å²) in [5.41, 5.74) is 5.10. The van der Waals surface area contributed by atoms with Crippen LogP contribution in [0.3, 0.4) is 0 Å². The van der Waals surface area contributed by atoms with Gasteiger partial charge in [0.2, 0.25) is 20.6 Å². The molecule has 0 fully saturated rings. The maximum Gasteiger partial charge on any atom is 0.324 e. The highest BCUT2D eigenvalue weighted by Crippen LogP contribution is 2.06. The number of hydrogen-bond acceptors (Lipinski definition) is 5. The van der Waals surface area contributed by atoms with Crippen LogP contribution in [0.2, 0.25) is 0 Å². The number of allylic oxidation sites excluding steroid dienone is 2. The Balaban J connectivity index is 5.91. The maximum absolute atomic E-state index is 11.4. The second-order valence-electron chi connectivity index (χ2n) is 3.59. The molecular formula is C11H16N2O5S2. The molecule has 0 spiro atoms. The topological polar surface area (TPSA) is 115 Å². The maximum atomic E-state index is 11.4. The van der Waals surface area contributed by atoms with E-state index in [4.69, 9.17) is 5.73 Å². The molecule has 0 bridgehead atoms. The van der Waals surface area contributed by atoms with E-state index < -0.39 is 36.6 Å². The normalized spacial score (nSPS) is 9.40. The minimum atomic E-state index is -2.77. The Hall–Kier alpha value is -1.87. The van der Waals surface area contributed by atoms with Crippen LogP contribution in [-0.4, -0.2) is 37.7 Å². The average Bonchev–Trinajstić information content (AvgIpc) is 2.35. The lowest BCUT2D eigenvalue weighted by Gasteiger charge is -2.19. The van der Waals surface area contributed by atoms with Gasteiger partial charge in [-0.2, -0.15) is 16.8 Å². The lowest BCUT2D eigenvalue weighted by atomic mass is 10.2. The van der Waals surface area contributed by atoms with E-state index in [9.17, 15) is 21.6 Å². The van der Waals surface area contributed by atoms with Gasteiger partial charge in [0.15, 0.2) is 0 Å². The van der Waals surface area contributed by atoms with E-state index in [-0.39, 0.29) is 25.7 Å². The van der Waals surface area contributed by atoms with Crippen LogP contribution in [0.25, 0.3) is 0 Å². The highest BCUT2D eigenvalue weighted by atomic mass is 32.2. The Morgan fingerprint density at radius 3 is 1.50 bits per heavy atom. The first kappa shape index (κ1) is 18.1. The molecule has 7 nitrogen and oxygen atoms in total. The van der Waals surface area contributed by atoms with Crippen LogP contribution in [0.4, 0.5) is 4.79 Å². The number of carbonyl (C=O) groups is 1. The van der Waals surface area contributed by atoms with Crippen molar-refractivity contribution in [1.29, 1.82) is 0 Å². The van der Waals surface area contributed by atoms with E-state index in [1.165, 1.54) is 12.2 Å². The highest BCUT2D eigenvalue weighted by molar-refractivity contribution is 7.74. The molecule has 0 aliphatic carbocycles. The van der Waals surface area contributed by atoms with Gasteiger partial charge < -0.3 is 5.73 Å². The first-order valence-electron chi connectivity index (χ1n) is 5.58. The van der Waals surface area contributed by atoms with Gasteiger partial charge in [0, 0.05) is 12.8 Å². The fourth-order valence-electron chi connectivity index (χ4n) is 1.38. The van der Waals surface area contributed by atoms with Crippen molar-refractivity contribution in [2.24, 2.45) is 5.73 Å². The number of rotatable bonds is 6. The van der Waals surface area contributed by atoms with Crippen molar-refractivity contribution < 1.29 is 21.6 Å². The molecule has 2 amide bonds. The van der Waals surface area contributed by atoms with Crippen LogP contribution in [-0.2, 0) is 20.6 Å². The second-order valence-corrected chi connectivity index (χ2v) is 5.47. The standard InChI is InChI=1S/C11H16N2O5S2/c1-3-5-7-9(19(15)16)13(11(12)14)10(20(17)18)8-6-4-2/h3-4H,1-2,5-8H2,(H2,12,14). The fraction of sp³-hybridized carbons (Fsp3) is 0.364. The molecule has 0 aromatic carbocycles. The van der Waals surface area contributed by atoms with Gasteiger partial charge in [-0.1, -0.05) is 12.2 Å². The molecule has 0 radical (unpaired) electrons. The molecule has 112 valence electrons. The molecular weight excluding hydrogens is 304 g/mol. The molecule has 0 aromatic rings. The van der Waals surface area contributed by atoms with Crippen LogP contribution in [0.5, 0.6) is 0 Å². The van der Waals surface area contributed by atoms with Crippen LogP contribution >= 0.6 is 0 Å². The largest absolute Gasteiger partial charge is 0.351 e. The Morgan fingerprint density at radius 1 is 0.950 bits per heavy atom. The number of hydrogen-bond donors (Lipinski definition) is 1. The summed E-state index contributed by atoms with van der Waals surface area (Å²) < 4.78 is 44.8. The van der Waals surface area contributed by atoms with Crippen molar-refractivity contribution in [3.05, 3.63) is 25.3 Å². The summed E-state index contributed by atoms with van der Waals surface area (Å²) in [5.74, 6) is 0. The van der Waals surface area contributed by atoms with Crippen molar-refractivity contribution in [2.75, 3.05) is 0 Å². The molecule has 0 aliphatic heterocycles. The van der Waals surface area contributed by atoms with Crippen molar-refractivity contribution in [3.8, 4) is 0 Å². The minimum Gasteiger partial charge on any atom is -0.351 e. The number of nitrogens with zero attached hydrogens (tertiary/aromatic N) is 1. The van der Waals surface area contributed by atoms with Gasteiger partial charge in [0.25, 0.3) is 0 Å². The van der Waals surface area contributed by atoms with Gasteiger partial charge in [-0.05, 0) is 12.8 Å². The summed E-state index contributed by atoms with van der Waals surface area (Å²) in [6, 6.07) is -1.17. The first-order chi connectivity index (χ1) is 9.36. The lowest BCUT2D eigenvalue weighted by Crippen LogP contribution is -2.45. The molecule has 0 saturated carbocycles. The third kappa shape index (κ3) is 5.41. The Kier molecular flexibility index (Phi) is 8.25. The SMILES string of the molecule is C=CCCC(N(C(N)=O)C(CCC=C)=S(=O)=O)=S(=O)=O. The fourth-order valence-corrected chi connectivity index (χ4v) is 2.70. The van der Waals surface area contributed by atoms with Crippen molar-refractivity contribution in [2.45, 2.75) is 25.7 Å². The smallest absolute Gasteiger partial charge is 0.324 e. The molecule has 0 aromatic heterocycles. The molecule has 0 rings (SSSR count). The summed E-state index contributed by atoms with van der Waals surface area (Å²) >= 11 is 0. The van der Waals surface area contributed by atoms with E-state index in [0.29, 0.717) is 4.90 Å². The van der Waals surface area contributed by atoms with Gasteiger partial charge in [0.05, 0.1) is 0 Å². The van der Waals surface area contributed by atoms with E-state index in [1.54, 1.807) is 0 Å². The molecule has 0 unspecified atom stereocenters. The summed E-state index contributed by atoms with van der Waals surface area (Å²) in [6.07, 6.45) is 3.27. The Bertz CT molecular complexity index is 591. The van der Waals surface area contributed by atoms with Crippen LogP contribution in [0.1, 0.15) is 25.7 Å². The molecule has 9 heteroatoms. The quantitative estimate of drug-likeness (QED) is 0.559. The van der Waals surface area contributed by atoms with Crippen LogP contribution in [0, 0.1) is 0 Å². The van der Waals surface area contributed by atoms with E-state index >= 15 is 0 Å². The predicted molar refractivity (Wildman–Crippen MR) is 78.1 cm³/mol. The first-order valence-corrected chi connectivity index (χ1v) is 7.73. The number of nitrogens with two attached hydrogens (primary N) is 1. The summed E-state index contributed by atoms with van der Waals surface area (Å²) in [7, 11) is -5.55. The number of urea groups is 1.